The number of ether oxygens (including phenoxy) is 1. The first-order valence-electron chi connectivity index (χ1n) is 5.43. The fourth-order valence-electron chi connectivity index (χ4n) is 1.75. The normalized spacial score (nSPS) is 10.8. The van der Waals surface area contributed by atoms with Gasteiger partial charge in [-0.1, -0.05) is 28.1 Å². The Morgan fingerprint density at radius 3 is 2.83 bits per heavy atom. The average Bonchev–Trinajstić information content (AvgIpc) is 2.81. The smallest absolute Gasteiger partial charge is 0.183 e. The fourth-order valence-corrected chi connectivity index (χ4v) is 2.21. The summed E-state index contributed by atoms with van der Waals surface area (Å²) in [5, 5.41) is 4.44. The predicted molar refractivity (Wildman–Crippen MR) is 72.7 cm³/mol. The van der Waals surface area contributed by atoms with Crippen LogP contribution in [0.3, 0.4) is 0 Å². The van der Waals surface area contributed by atoms with Crippen LogP contribution in [0.15, 0.2) is 47.1 Å². The Hall–Kier alpha value is -1.88. The number of benzene rings is 1. The van der Waals surface area contributed by atoms with E-state index in [1.54, 1.807) is 11.6 Å². The zero-order chi connectivity index (χ0) is 12.5. The second kappa shape index (κ2) is 4.42. The molecule has 0 saturated heterocycles. The van der Waals surface area contributed by atoms with Crippen molar-refractivity contribution in [2.45, 2.75) is 0 Å². The number of aromatic nitrogens is 3. The molecule has 0 fully saturated rings. The highest BCUT2D eigenvalue weighted by molar-refractivity contribution is 9.10. The second-order valence-corrected chi connectivity index (χ2v) is 4.64. The van der Waals surface area contributed by atoms with E-state index in [9.17, 15) is 0 Å². The third-order valence-corrected chi connectivity index (χ3v) is 3.35. The lowest BCUT2D eigenvalue weighted by molar-refractivity contribution is 0.414. The van der Waals surface area contributed by atoms with Crippen LogP contribution < -0.4 is 4.74 Å². The molecule has 0 radical (unpaired) electrons. The summed E-state index contributed by atoms with van der Waals surface area (Å²) in [4.78, 5) is 4.49. The Labute approximate surface area is 112 Å². The number of nitrogens with zero attached hydrogens (tertiary/aromatic N) is 3. The molecule has 0 saturated carbocycles. The first-order chi connectivity index (χ1) is 8.78. The van der Waals surface area contributed by atoms with E-state index in [4.69, 9.17) is 4.74 Å². The van der Waals surface area contributed by atoms with Gasteiger partial charge in [-0.15, -0.1) is 5.10 Å². The second-order valence-electron chi connectivity index (χ2n) is 3.78. The molecule has 18 heavy (non-hydrogen) atoms. The van der Waals surface area contributed by atoms with Gasteiger partial charge in [-0.3, -0.25) is 0 Å². The highest BCUT2D eigenvalue weighted by atomic mass is 79.9. The summed E-state index contributed by atoms with van der Waals surface area (Å²) in [6.45, 7) is 0. The van der Waals surface area contributed by atoms with Gasteiger partial charge in [-0.2, -0.15) is 0 Å². The number of rotatable bonds is 2. The summed E-state index contributed by atoms with van der Waals surface area (Å²) in [7, 11) is 1.64. The van der Waals surface area contributed by atoms with Gasteiger partial charge >= 0.3 is 0 Å². The van der Waals surface area contributed by atoms with Crippen molar-refractivity contribution in [1.29, 1.82) is 0 Å². The van der Waals surface area contributed by atoms with Gasteiger partial charge in [-0.05, 0) is 18.2 Å². The van der Waals surface area contributed by atoms with Crippen molar-refractivity contribution < 1.29 is 4.74 Å². The van der Waals surface area contributed by atoms with E-state index in [1.165, 1.54) is 0 Å². The summed E-state index contributed by atoms with van der Waals surface area (Å²) >= 11 is 3.50. The molecular weight excluding hydrogens is 294 g/mol. The number of methoxy groups -OCH3 is 1. The van der Waals surface area contributed by atoms with Gasteiger partial charge in [-0.25, -0.2) is 9.50 Å². The van der Waals surface area contributed by atoms with Gasteiger partial charge in [0.1, 0.15) is 5.75 Å². The van der Waals surface area contributed by atoms with Gasteiger partial charge in [0, 0.05) is 22.3 Å². The Bertz CT molecular complexity index is 708. The molecule has 0 atom stereocenters. The highest BCUT2D eigenvalue weighted by Crippen LogP contribution is 2.26. The lowest BCUT2D eigenvalue weighted by atomic mass is 10.2. The minimum atomic E-state index is 0.690. The molecule has 3 aromatic rings. The van der Waals surface area contributed by atoms with Gasteiger partial charge < -0.3 is 4.74 Å². The molecule has 0 spiro atoms. The van der Waals surface area contributed by atoms with E-state index in [1.807, 2.05) is 42.6 Å². The van der Waals surface area contributed by atoms with Gasteiger partial charge in [0.2, 0.25) is 0 Å². The number of pyridine rings is 1. The van der Waals surface area contributed by atoms with E-state index < -0.39 is 0 Å². The van der Waals surface area contributed by atoms with Crippen LogP contribution in [0.1, 0.15) is 0 Å². The quantitative estimate of drug-likeness (QED) is 0.730. The molecule has 0 aliphatic carbocycles. The summed E-state index contributed by atoms with van der Waals surface area (Å²) in [6.07, 6.45) is 1.83. The van der Waals surface area contributed by atoms with Crippen LogP contribution in [-0.2, 0) is 0 Å². The van der Waals surface area contributed by atoms with Crippen LogP contribution in [0.25, 0.3) is 17.0 Å². The zero-order valence-corrected chi connectivity index (χ0v) is 11.3. The molecule has 5 heteroatoms. The molecule has 2 heterocycles. The monoisotopic (exact) mass is 303 g/mol. The minimum absolute atomic E-state index is 0.690. The molecular formula is C13H10BrN3O. The van der Waals surface area contributed by atoms with Gasteiger partial charge in [0.25, 0.3) is 0 Å². The maximum atomic E-state index is 5.17. The predicted octanol–water partition coefficient (Wildman–Crippen LogP) is 3.17. The Morgan fingerprint density at radius 2 is 2.06 bits per heavy atom. The first-order valence-corrected chi connectivity index (χ1v) is 6.22. The molecule has 0 N–H and O–H groups in total. The summed E-state index contributed by atoms with van der Waals surface area (Å²) in [5.41, 5.74) is 1.74. The molecule has 4 nitrogen and oxygen atoms in total. The van der Waals surface area contributed by atoms with E-state index in [2.05, 4.69) is 26.0 Å². The van der Waals surface area contributed by atoms with Crippen LogP contribution in [-0.4, -0.2) is 21.7 Å². The topological polar surface area (TPSA) is 39.4 Å². The summed E-state index contributed by atoms with van der Waals surface area (Å²) in [6, 6.07) is 11.6. The van der Waals surface area contributed by atoms with E-state index in [0.29, 0.717) is 5.82 Å². The van der Waals surface area contributed by atoms with Crippen LogP contribution in [0.2, 0.25) is 0 Å². The zero-order valence-electron chi connectivity index (χ0n) is 9.67. The molecule has 0 bridgehead atoms. The van der Waals surface area contributed by atoms with Crippen molar-refractivity contribution in [3.05, 3.63) is 47.1 Å². The standard InChI is InChI=1S/C13H10BrN3O/c1-18-9-6-7-17-12(8-9)15-13(16-17)10-4-2-3-5-11(10)14/h2-8H,1H3. The van der Waals surface area contributed by atoms with Crippen molar-refractivity contribution in [3.63, 3.8) is 0 Å². The number of hydrogen-bond acceptors (Lipinski definition) is 3. The highest BCUT2D eigenvalue weighted by Gasteiger charge is 2.09. The molecule has 0 aliphatic heterocycles. The van der Waals surface area contributed by atoms with Gasteiger partial charge in [0.15, 0.2) is 11.5 Å². The molecule has 3 rings (SSSR count). The fraction of sp³-hybridized carbons (Fsp3) is 0.0769. The van der Waals surface area contributed by atoms with Crippen molar-refractivity contribution in [2.75, 3.05) is 7.11 Å². The summed E-state index contributed by atoms with van der Waals surface area (Å²) < 4.78 is 7.88. The average molecular weight is 304 g/mol. The number of fused-ring (bicyclic) bond motifs is 1. The third kappa shape index (κ3) is 1.86. The van der Waals surface area contributed by atoms with Crippen LogP contribution in [0, 0.1) is 0 Å². The maximum absolute atomic E-state index is 5.17. The van der Waals surface area contributed by atoms with Crippen LogP contribution in [0.5, 0.6) is 5.75 Å². The minimum Gasteiger partial charge on any atom is -0.497 e. The maximum Gasteiger partial charge on any atom is 0.183 e. The molecule has 0 aliphatic rings. The van der Waals surface area contributed by atoms with Crippen LogP contribution >= 0.6 is 15.9 Å². The van der Waals surface area contributed by atoms with E-state index in [-0.39, 0.29) is 0 Å². The molecule has 0 unspecified atom stereocenters. The van der Waals surface area contributed by atoms with Gasteiger partial charge in [0.05, 0.1) is 7.11 Å². The number of hydrogen-bond donors (Lipinski definition) is 0. The SMILES string of the molecule is COc1ccn2nc(-c3ccccc3Br)nc2c1. The lowest BCUT2D eigenvalue weighted by Gasteiger charge is -1.97. The summed E-state index contributed by atoms with van der Waals surface area (Å²) in [5.74, 6) is 1.46. The molecule has 0 amide bonds. The largest absolute Gasteiger partial charge is 0.497 e. The van der Waals surface area contributed by atoms with E-state index in [0.717, 1.165) is 21.4 Å². The molecule has 1 aromatic carbocycles. The molecule has 2 aromatic heterocycles. The van der Waals surface area contributed by atoms with Crippen LogP contribution in [0.4, 0.5) is 0 Å². The Morgan fingerprint density at radius 1 is 1.22 bits per heavy atom. The number of halogens is 1. The third-order valence-electron chi connectivity index (χ3n) is 2.66. The lowest BCUT2D eigenvalue weighted by Crippen LogP contribution is -1.88. The van der Waals surface area contributed by atoms with Crippen molar-refractivity contribution in [3.8, 4) is 17.1 Å². The Kier molecular flexibility index (Phi) is 2.76. The first kappa shape index (κ1) is 11.2. The van der Waals surface area contributed by atoms with Crippen molar-refractivity contribution in [2.24, 2.45) is 0 Å². The van der Waals surface area contributed by atoms with Crippen molar-refractivity contribution in [1.82, 2.24) is 14.6 Å². The van der Waals surface area contributed by atoms with E-state index >= 15 is 0 Å². The van der Waals surface area contributed by atoms with Crippen molar-refractivity contribution >= 4 is 21.6 Å². The Balaban J connectivity index is 2.17. The molecule has 90 valence electrons.